The molecule has 1 aromatic heterocycles. The van der Waals surface area contributed by atoms with Gasteiger partial charge in [-0.3, -0.25) is 14.9 Å². The van der Waals surface area contributed by atoms with E-state index in [0.29, 0.717) is 18.8 Å². The molecule has 0 bridgehead atoms. The molecular weight excluding hydrogens is 413 g/mol. The number of rotatable bonds is 4. The number of benzene rings is 1. The highest BCUT2D eigenvalue weighted by Gasteiger charge is 2.32. The highest BCUT2D eigenvalue weighted by Crippen LogP contribution is 2.31. The van der Waals surface area contributed by atoms with Gasteiger partial charge < -0.3 is 10.6 Å². The summed E-state index contributed by atoms with van der Waals surface area (Å²) in [5, 5.41) is 6.29. The number of hydrogen-bond acceptors (Lipinski definition) is 4. The number of urea groups is 1. The van der Waals surface area contributed by atoms with Gasteiger partial charge in [-0.25, -0.2) is 9.78 Å². The topological polar surface area (TPSA) is 100 Å². The Morgan fingerprint density at radius 3 is 2.41 bits per heavy atom. The first-order valence-corrected chi connectivity index (χ1v) is 8.64. The fourth-order valence-electron chi connectivity index (χ4n) is 2.29. The zero-order chi connectivity index (χ0) is 21.8. The molecule has 0 unspecified atom stereocenters. The van der Waals surface area contributed by atoms with Crippen LogP contribution in [-0.4, -0.2) is 29.4 Å². The molecule has 29 heavy (non-hydrogen) atoms. The Hall–Kier alpha value is -3.14. The first-order valence-electron chi connectivity index (χ1n) is 8.26. The first-order chi connectivity index (χ1) is 13.5. The Labute approximate surface area is 168 Å². The standard InChI is InChI=1S/C18H16ClF3N4O3/c1-3-23-15(27)11-6-9(2)4-5-13(11)25-17(29)26-16(28)14-12(19)7-10(8-24-14)18(20,21)22/h4-8H,3H2,1-2H3,(H,23,27)(H2,25,26,28,29). The van der Waals surface area contributed by atoms with Crippen molar-refractivity contribution < 1.29 is 27.6 Å². The van der Waals surface area contributed by atoms with Crippen LogP contribution in [0.25, 0.3) is 0 Å². The van der Waals surface area contributed by atoms with Gasteiger partial charge in [-0.1, -0.05) is 23.2 Å². The minimum Gasteiger partial charge on any atom is -0.352 e. The van der Waals surface area contributed by atoms with Crippen LogP contribution in [0.3, 0.4) is 0 Å². The summed E-state index contributed by atoms with van der Waals surface area (Å²) in [6.07, 6.45) is -4.24. The van der Waals surface area contributed by atoms with Crippen LogP contribution < -0.4 is 16.0 Å². The Bertz CT molecular complexity index is 964. The molecule has 11 heteroatoms. The van der Waals surface area contributed by atoms with E-state index in [1.54, 1.807) is 26.0 Å². The van der Waals surface area contributed by atoms with Gasteiger partial charge in [0.15, 0.2) is 0 Å². The monoisotopic (exact) mass is 428 g/mol. The number of halogens is 4. The van der Waals surface area contributed by atoms with Crippen LogP contribution in [0.5, 0.6) is 0 Å². The number of pyridine rings is 1. The largest absolute Gasteiger partial charge is 0.417 e. The van der Waals surface area contributed by atoms with Crippen molar-refractivity contribution in [2.45, 2.75) is 20.0 Å². The highest BCUT2D eigenvalue weighted by molar-refractivity contribution is 6.34. The van der Waals surface area contributed by atoms with Gasteiger partial charge in [0.1, 0.15) is 5.69 Å². The molecule has 4 amide bonds. The second-order valence-electron chi connectivity index (χ2n) is 5.87. The minimum absolute atomic E-state index is 0.137. The molecule has 0 aliphatic rings. The third kappa shape index (κ3) is 5.67. The number of nitrogens with zero attached hydrogens (tertiary/aromatic N) is 1. The summed E-state index contributed by atoms with van der Waals surface area (Å²) in [6, 6.07) is 4.20. The SMILES string of the molecule is CCNC(=O)c1cc(C)ccc1NC(=O)NC(=O)c1ncc(C(F)(F)F)cc1Cl. The normalized spacial score (nSPS) is 11.0. The third-order valence-corrected chi connectivity index (χ3v) is 3.90. The van der Waals surface area contributed by atoms with Gasteiger partial charge in [0.25, 0.3) is 11.8 Å². The van der Waals surface area contributed by atoms with Gasteiger partial charge in [-0.15, -0.1) is 0 Å². The second-order valence-corrected chi connectivity index (χ2v) is 6.28. The lowest BCUT2D eigenvalue weighted by Crippen LogP contribution is -2.36. The number of hydrogen-bond donors (Lipinski definition) is 3. The fourth-order valence-corrected chi connectivity index (χ4v) is 2.54. The molecule has 0 saturated heterocycles. The van der Waals surface area contributed by atoms with E-state index in [-0.39, 0.29) is 11.3 Å². The molecule has 1 aromatic carbocycles. The Kier molecular flexibility index (Phi) is 6.80. The third-order valence-electron chi connectivity index (χ3n) is 3.62. The lowest BCUT2D eigenvalue weighted by Gasteiger charge is -2.13. The Morgan fingerprint density at radius 1 is 1.14 bits per heavy atom. The molecule has 0 aliphatic carbocycles. The lowest BCUT2D eigenvalue weighted by molar-refractivity contribution is -0.137. The zero-order valence-electron chi connectivity index (χ0n) is 15.3. The molecule has 0 atom stereocenters. The van der Waals surface area contributed by atoms with E-state index >= 15 is 0 Å². The van der Waals surface area contributed by atoms with Gasteiger partial charge >= 0.3 is 12.2 Å². The van der Waals surface area contributed by atoms with Crippen LogP contribution in [0.4, 0.5) is 23.7 Å². The summed E-state index contributed by atoms with van der Waals surface area (Å²) in [6.45, 7) is 3.86. The van der Waals surface area contributed by atoms with Crippen LogP contribution in [-0.2, 0) is 6.18 Å². The van der Waals surface area contributed by atoms with E-state index < -0.39 is 40.3 Å². The maximum Gasteiger partial charge on any atom is 0.417 e. The Morgan fingerprint density at radius 2 is 1.83 bits per heavy atom. The van der Waals surface area contributed by atoms with Crippen LogP contribution >= 0.6 is 11.6 Å². The summed E-state index contributed by atoms with van der Waals surface area (Å²) in [5.41, 5.74) is -0.593. The zero-order valence-corrected chi connectivity index (χ0v) is 16.0. The molecular formula is C18H16ClF3N4O3. The van der Waals surface area contributed by atoms with E-state index in [2.05, 4.69) is 15.6 Å². The number of carbonyl (C=O) groups is 3. The fraction of sp³-hybridized carbons (Fsp3) is 0.222. The molecule has 0 saturated carbocycles. The predicted octanol–water partition coefficient (Wildman–Crippen LogP) is 3.77. The number of aromatic nitrogens is 1. The molecule has 0 radical (unpaired) electrons. The number of carbonyl (C=O) groups excluding carboxylic acids is 3. The minimum atomic E-state index is -4.68. The van der Waals surface area contributed by atoms with Crippen molar-refractivity contribution in [2.24, 2.45) is 0 Å². The maximum atomic E-state index is 12.6. The summed E-state index contributed by atoms with van der Waals surface area (Å²) >= 11 is 5.68. The number of amides is 4. The van der Waals surface area contributed by atoms with Crippen molar-refractivity contribution in [1.82, 2.24) is 15.6 Å². The van der Waals surface area contributed by atoms with Gasteiger partial charge in [0.2, 0.25) is 0 Å². The van der Waals surface area contributed by atoms with E-state index in [0.717, 1.165) is 5.56 Å². The molecule has 2 rings (SSSR count). The second kappa shape index (κ2) is 8.91. The van der Waals surface area contributed by atoms with Crippen LogP contribution in [0.1, 0.15) is 38.9 Å². The number of alkyl halides is 3. The first kappa shape index (κ1) is 22.2. The van der Waals surface area contributed by atoms with Crippen LogP contribution in [0.15, 0.2) is 30.5 Å². The molecule has 0 fully saturated rings. The van der Waals surface area contributed by atoms with Gasteiger partial charge in [0, 0.05) is 12.7 Å². The summed E-state index contributed by atoms with van der Waals surface area (Å²) in [5.74, 6) is -1.53. The molecule has 7 nitrogen and oxygen atoms in total. The van der Waals surface area contributed by atoms with Gasteiger partial charge in [-0.2, -0.15) is 13.2 Å². The molecule has 2 aromatic rings. The Balaban J connectivity index is 2.16. The molecule has 3 N–H and O–H groups in total. The van der Waals surface area contributed by atoms with Crippen molar-refractivity contribution in [3.63, 3.8) is 0 Å². The number of nitrogens with one attached hydrogen (secondary N) is 3. The average Bonchev–Trinajstić information content (AvgIpc) is 2.62. The smallest absolute Gasteiger partial charge is 0.352 e. The molecule has 1 heterocycles. The lowest BCUT2D eigenvalue weighted by atomic mass is 10.1. The van der Waals surface area contributed by atoms with E-state index in [1.165, 1.54) is 6.07 Å². The van der Waals surface area contributed by atoms with Gasteiger partial charge in [0.05, 0.1) is 21.8 Å². The van der Waals surface area contributed by atoms with Crippen molar-refractivity contribution >= 4 is 35.1 Å². The average molecular weight is 429 g/mol. The molecule has 154 valence electrons. The number of aryl methyl sites for hydroxylation is 1. The van der Waals surface area contributed by atoms with Crippen molar-refractivity contribution in [3.05, 3.63) is 57.9 Å². The summed E-state index contributed by atoms with van der Waals surface area (Å²) < 4.78 is 37.9. The van der Waals surface area contributed by atoms with Crippen molar-refractivity contribution in [3.8, 4) is 0 Å². The highest BCUT2D eigenvalue weighted by atomic mass is 35.5. The predicted molar refractivity (Wildman–Crippen MR) is 99.9 cm³/mol. The molecule has 0 aliphatic heterocycles. The van der Waals surface area contributed by atoms with Gasteiger partial charge in [-0.05, 0) is 32.0 Å². The summed E-state index contributed by atoms with van der Waals surface area (Å²) in [7, 11) is 0. The number of imide groups is 1. The van der Waals surface area contributed by atoms with E-state index in [1.807, 2.05) is 5.32 Å². The number of anilines is 1. The summed E-state index contributed by atoms with van der Waals surface area (Å²) in [4.78, 5) is 39.8. The maximum absolute atomic E-state index is 12.6. The van der Waals surface area contributed by atoms with E-state index in [9.17, 15) is 27.6 Å². The van der Waals surface area contributed by atoms with Crippen molar-refractivity contribution in [1.29, 1.82) is 0 Å². The van der Waals surface area contributed by atoms with Crippen LogP contribution in [0.2, 0.25) is 5.02 Å². The van der Waals surface area contributed by atoms with Crippen molar-refractivity contribution in [2.75, 3.05) is 11.9 Å². The van der Waals surface area contributed by atoms with Crippen LogP contribution in [0, 0.1) is 6.92 Å². The quantitative estimate of drug-likeness (QED) is 0.690. The van der Waals surface area contributed by atoms with E-state index in [4.69, 9.17) is 11.6 Å². The molecule has 0 spiro atoms.